The summed E-state index contributed by atoms with van der Waals surface area (Å²) >= 11 is 0. The van der Waals surface area contributed by atoms with E-state index in [0.717, 1.165) is 19.3 Å². The molecule has 0 aromatic carbocycles. The maximum absolute atomic E-state index is 12.0. The van der Waals surface area contributed by atoms with Gasteiger partial charge < -0.3 is 14.8 Å². The van der Waals surface area contributed by atoms with Crippen LogP contribution in [0.15, 0.2) is 0 Å². The molecule has 1 saturated heterocycles. The molecule has 0 spiro atoms. The van der Waals surface area contributed by atoms with Gasteiger partial charge in [0.05, 0.1) is 19.1 Å². The van der Waals surface area contributed by atoms with Crippen molar-refractivity contribution in [2.75, 3.05) is 13.2 Å². The number of ether oxygens (including phenoxy) is 2. The Bertz CT molecular complexity index is 306. The van der Waals surface area contributed by atoms with Crippen molar-refractivity contribution in [1.29, 1.82) is 0 Å². The summed E-state index contributed by atoms with van der Waals surface area (Å²) in [6, 6.07) is -0.254. The molecule has 0 bridgehead atoms. The van der Waals surface area contributed by atoms with Crippen LogP contribution in [0.3, 0.4) is 0 Å². The van der Waals surface area contributed by atoms with Crippen molar-refractivity contribution in [2.24, 2.45) is 5.92 Å². The fourth-order valence-electron chi connectivity index (χ4n) is 2.10. The number of rotatable bonds is 8. The first-order chi connectivity index (χ1) is 9.08. The van der Waals surface area contributed by atoms with E-state index < -0.39 is 0 Å². The fourth-order valence-corrected chi connectivity index (χ4v) is 2.10. The highest BCUT2D eigenvalue weighted by molar-refractivity contribution is 5.80. The van der Waals surface area contributed by atoms with E-state index in [1.54, 1.807) is 0 Å². The molecule has 0 aromatic rings. The average Bonchev–Trinajstić information content (AvgIpc) is 2.73. The predicted molar refractivity (Wildman–Crippen MR) is 71.6 cm³/mol. The van der Waals surface area contributed by atoms with Gasteiger partial charge in [0.15, 0.2) is 0 Å². The highest BCUT2D eigenvalue weighted by atomic mass is 16.6. The minimum Gasteiger partial charge on any atom is -0.458 e. The van der Waals surface area contributed by atoms with Crippen molar-refractivity contribution in [3.63, 3.8) is 0 Å². The Morgan fingerprint density at radius 2 is 2.26 bits per heavy atom. The van der Waals surface area contributed by atoms with E-state index in [4.69, 9.17) is 9.47 Å². The number of amides is 1. The van der Waals surface area contributed by atoms with Gasteiger partial charge in [-0.05, 0) is 13.3 Å². The van der Waals surface area contributed by atoms with Crippen molar-refractivity contribution in [3.8, 4) is 0 Å². The third-order valence-corrected chi connectivity index (χ3v) is 3.37. The van der Waals surface area contributed by atoms with E-state index >= 15 is 0 Å². The van der Waals surface area contributed by atoms with Gasteiger partial charge in [0.1, 0.15) is 6.10 Å². The molecule has 1 N–H and O–H groups in total. The van der Waals surface area contributed by atoms with Crippen LogP contribution in [-0.2, 0) is 19.1 Å². The SMILES string of the molecule is CCCC[C@H](C)C(=O)NC1CC(=O)OC1COCC. The monoisotopic (exact) mass is 271 g/mol. The smallest absolute Gasteiger partial charge is 0.308 e. The number of hydrogen-bond donors (Lipinski definition) is 1. The van der Waals surface area contributed by atoms with E-state index in [2.05, 4.69) is 12.2 Å². The van der Waals surface area contributed by atoms with Gasteiger partial charge in [0.2, 0.25) is 5.91 Å². The molecule has 0 aliphatic carbocycles. The molecule has 1 amide bonds. The summed E-state index contributed by atoms with van der Waals surface area (Å²) in [5.74, 6) is -0.294. The van der Waals surface area contributed by atoms with Crippen LogP contribution in [0.1, 0.15) is 46.5 Å². The standard InChI is InChI=1S/C14H25NO4/c1-4-6-7-10(3)14(17)15-11-8-13(16)19-12(11)9-18-5-2/h10-12H,4-9H2,1-3H3,(H,15,17)/t10-,11?,12?/m0/s1. The molecule has 1 fully saturated rings. The number of nitrogens with one attached hydrogen (secondary N) is 1. The Morgan fingerprint density at radius 3 is 2.89 bits per heavy atom. The molecule has 110 valence electrons. The van der Waals surface area contributed by atoms with Crippen molar-refractivity contribution in [2.45, 2.75) is 58.6 Å². The second kappa shape index (κ2) is 8.15. The highest BCUT2D eigenvalue weighted by Gasteiger charge is 2.36. The zero-order chi connectivity index (χ0) is 14.3. The molecule has 0 aromatic heterocycles. The maximum atomic E-state index is 12.0. The first-order valence-electron chi connectivity index (χ1n) is 7.16. The molecule has 5 heteroatoms. The highest BCUT2D eigenvalue weighted by Crippen LogP contribution is 2.17. The Hall–Kier alpha value is -1.10. The van der Waals surface area contributed by atoms with Crippen LogP contribution in [0.2, 0.25) is 0 Å². The lowest BCUT2D eigenvalue weighted by atomic mass is 10.0. The maximum Gasteiger partial charge on any atom is 0.308 e. The summed E-state index contributed by atoms with van der Waals surface area (Å²) in [5.41, 5.74) is 0. The normalized spacial score (nSPS) is 24.1. The minimum absolute atomic E-state index is 0.00162. The predicted octanol–water partition coefficient (Wildman–Crippen LogP) is 1.65. The number of carbonyl (C=O) groups excluding carboxylic acids is 2. The van der Waals surface area contributed by atoms with Crippen LogP contribution in [0, 0.1) is 5.92 Å². The molecule has 1 aliphatic heterocycles. The van der Waals surface area contributed by atoms with Gasteiger partial charge in [-0.1, -0.05) is 26.7 Å². The Morgan fingerprint density at radius 1 is 1.53 bits per heavy atom. The lowest BCUT2D eigenvalue weighted by molar-refractivity contribution is -0.143. The van der Waals surface area contributed by atoms with E-state index in [1.807, 2.05) is 13.8 Å². The van der Waals surface area contributed by atoms with E-state index in [-0.39, 0.29) is 36.4 Å². The quantitative estimate of drug-likeness (QED) is 0.682. The Labute approximate surface area is 115 Å². The fraction of sp³-hybridized carbons (Fsp3) is 0.857. The first kappa shape index (κ1) is 16.0. The van der Waals surface area contributed by atoms with E-state index in [9.17, 15) is 9.59 Å². The van der Waals surface area contributed by atoms with E-state index in [0.29, 0.717) is 13.2 Å². The molecule has 0 saturated carbocycles. The molecule has 1 rings (SSSR count). The zero-order valence-corrected chi connectivity index (χ0v) is 12.1. The number of esters is 1. The second-order valence-corrected chi connectivity index (χ2v) is 5.05. The van der Waals surface area contributed by atoms with Crippen LogP contribution in [-0.4, -0.2) is 37.2 Å². The largest absolute Gasteiger partial charge is 0.458 e. The average molecular weight is 271 g/mol. The van der Waals surface area contributed by atoms with Crippen LogP contribution in [0.4, 0.5) is 0 Å². The molecule has 5 nitrogen and oxygen atoms in total. The zero-order valence-electron chi connectivity index (χ0n) is 12.1. The van der Waals surface area contributed by atoms with Crippen molar-refractivity contribution in [3.05, 3.63) is 0 Å². The summed E-state index contributed by atoms with van der Waals surface area (Å²) in [5, 5.41) is 2.91. The van der Waals surface area contributed by atoms with Gasteiger partial charge >= 0.3 is 5.97 Å². The van der Waals surface area contributed by atoms with Crippen molar-refractivity contribution in [1.82, 2.24) is 5.32 Å². The number of carbonyl (C=O) groups is 2. The van der Waals surface area contributed by atoms with Crippen molar-refractivity contribution >= 4 is 11.9 Å². The summed E-state index contributed by atoms with van der Waals surface area (Å²) in [6.07, 6.45) is 2.88. The van der Waals surface area contributed by atoms with Gasteiger partial charge in [-0.2, -0.15) is 0 Å². The molecular formula is C14H25NO4. The minimum atomic E-state index is -0.352. The first-order valence-corrected chi connectivity index (χ1v) is 7.16. The Balaban J connectivity index is 2.44. The number of hydrogen-bond acceptors (Lipinski definition) is 4. The lowest BCUT2D eigenvalue weighted by Gasteiger charge is -2.20. The number of unbranched alkanes of at least 4 members (excludes halogenated alkanes) is 1. The van der Waals surface area contributed by atoms with Gasteiger partial charge in [-0.15, -0.1) is 0 Å². The third-order valence-electron chi connectivity index (χ3n) is 3.37. The topological polar surface area (TPSA) is 64.6 Å². The molecule has 19 heavy (non-hydrogen) atoms. The van der Waals surface area contributed by atoms with Gasteiger partial charge in [0, 0.05) is 12.5 Å². The van der Waals surface area contributed by atoms with Crippen LogP contribution in [0.25, 0.3) is 0 Å². The third kappa shape index (κ3) is 5.19. The molecule has 0 radical (unpaired) electrons. The van der Waals surface area contributed by atoms with Gasteiger partial charge in [-0.3, -0.25) is 9.59 Å². The van der Waals surface area contributed by atoms with Crippen molar-refractivity contribution < 1.29 is 19.1 Å². The second-order valence-electron chi connectivity index (χ2n) is 5.05. The van der Waals surface area contributed by atoms with Crippen LogP contribution >= 0.6 is 0 Å². The molecule has 1 aliphatic rings. The number of cyclic esters (lactones) is 1. The lowest BCUT2D eigenvalue weighted by Crippen LogP contribution is -2.44. The van der Waals surface area contributed by atoms with Crippen LogP contribution in [0.5, 0.6) is 0 Å². The summed E-state index contributed by atoms with van der Waals surface area (Å²) in [6.45, 7) is 6.82. The molecule has 3 atom stereocenters. The summed E-state index contributed by atoms with van der Waals surface area (Å²) in [7, 11) is 0. The van der Waals surface area contributed by atoms with Gasteiger partial charge in [-0.25, -0.2) is 0 Å². The summed E-state index contributed by atoms with van der Waals surface area (Å²) < 4.78 is 10.4. The Kier molecular flexibility index (Phi) is 6.84. The molecule has 2 unspecified atom stereocenters. The molecular weight excluding hydrogens is 246 g/mol. The van der Waals surface area contributed by atoms with Gasteiger partial charge in [0.25, 0.3) is 0 Å². The molecule has 1 heterocycles. The summed E-state index contributed by atoms with van der Waals surface area (Å²) in [4.78, 5) is 23.3. The van der Waals surface area contributed by atoms with Crippen LogP contribution < -0.4 is 5.32 Å². The van der Waals surface area contributed by atoms with E-state index in [1.165, 1.54) is 0 Å².